The van der Waals surface area contributed by atoms with Gasteiger partial charge in [-0.3, -0.25) is 0 Å². The van der Waals surface area contributed by atoms with E-state index in [9.17, 15) is 0 Å². The van der Waals surface area contributed by atoms with Crippen LogP contribution in [0.3, 0.4) is 0 Å². The predicted molar refractivity (Wildman–Crippen MR) is 80.5 cm³/mol. The fourth-order valence-electron chi connectivity index (χ4n) is 2.37. The molecule has 0 saturated heterocycles. The summed E-state index contributed by atoms with van der Waals surface area (Å²) in [5.41, 5.74) is 8.00. The molecule has 1 aliphatic rings. The Balaban J connectivity index is 1.83. The Morgan fingerprint density at radius 3 is 2.90 bits per heavy atom. The molecule has 0 fully saturated rings. The first-order chi connectivity index (χ1) is 10.1. The summed E-state index contributed by atoms with van der Waals surface area (Å²) in [7, 11) is 0. The van der Waals surface area contributed by atoms with Crippen LogP contribution in [0.25, 0.3) is 11.6 Å². The molecule has 1 aliphatic heterocycles. The van der Waals surface area contributed by atoms with Crippen molar-refractivity contribution >= 4 is 11.6 Å². The van der Waals surface area contributed by atoms with Gasteiger partial charge in [-0.15, -0.1) is 0 Å². The Morgan fingerprint density at radius 1 is 1.29 bits per heavy atom. The monoisotopic (exact) mass is 285 g/mol. The molecular formula is C16H19N3O2. The number of ether oxygens (including phenoxy) is 1. The molecule has 0 aliphatic carbocycles. The first-order valence-electron chi connectivity index (χ1n) is 7.15. The van der Waals surface area contributed by atoms with Crippen LogP contribution in [0, 0.1) is 5.92 Å². The summed E-state index contributed by atoms with van der Waals surface area (Å²) in [5.74, 6) is 2.40. The molecule has 5 nitrogen and oxygen atoms in total. The van der Waals surface area contributed by atoms with E-state index in [1.807, 2.05) is 30.3 Å². The second-order valence-corrected chi connectivity index (χ2v) is 5.69. The Bertz CT molecular complexity index is 661. The van der Waals surface area contributed by atoms with Crippen LogP contribution in [0.4, 0.5) is 0 Å². The molecule has 0 radical (unpaired) electrons. The Hall–Kier alpha value is -2.14. The van der Waals surface area contributed by atoms with Crippen LogP contribution in [0.2, 0.25) is 0 Å². The minimum absolute atomic E-state index is 0.219. The quantitative estimate of drug-likeness (QED) is 0.934. The van der Waals surface area contributed by atoms with Gasteiger partial charge in [-0.2, -0.15) is 4.98 Å². The molecule has 1 aromatic carbocycles. The van der Waals surface area contributed by atoms with Gasteiger partial charge in [0.15, 0.2) is 0 Å². The highest BCUT2D eigenvalue weighted by Crippen LogP contribution is 2.29. The summed E-state index contributed by atoms with van der Waals surface area (Å²) in [6.45, 7) is 4.67. The van der Waals surface area contributed by atoms with Crippen molar-refractivity contribution in [2.24, 2.45) is 11.7 Å². The lowest BCUT2D eigenvalue weighted by molar-refractivity contribution is 0.332. The van der Waals surface area contributed by atoms with Crippen molar-refractivity contribution in [2.45, 2.75) is 26.3 Å². The van der Waals surface area contributed by atoms with E-state index < -0.39 is 0 Å². The molecule has 110 valence electrons. The number of benzene rings is 1. The maximum Gasteiger partial charge on any atom is 0.243 e. The van der Waals surface area contributed by atoms with Gasteiger partial charge < -0.3 is 15.0 Å². The number of para-hydroxylation sites is 1. The normalized spacial score (nSPS) is 15.3. The highest BCUT2D eigenvalue weighted by atomic mass is 16.5. The summed E-state index contributed by atoms with van der Waals surface area (Å²) < 4.78 is 11.0. The summed E-state index contributed by atoms with van der Waals surface area (Å²) in [6.07, 6.45) is 2.85. The predicted octanol–water partition coefficient (Wildman–Crippen LogP) is 3.05. The van der Waals surface area contributed by atoms with Gasteiger partial charge in [0.05, 0.1) is 6.04 Å². The molecule has 0 amide bonds. The smallest absolute Gasteiger partial charge is 0.243 e. The zero-order valence-corrected chi connectivity index (χ0v) is 12.2. The molecular weight excluding hydrogens is 266 g/mol. The molecule has 0 unspecified atom stereocenters. The molecule has 3 rings (SSSR count). The molecule has 2 heterocycles. The molecule has 0 saturated carbocycles. The summed E-state index contributed by atoms with van der Waals surface area (Å²) in [5, 5.41) is 4.03. The molecule has 2 aromatic rings. The second-order valence-electron chi connectivity index (χ2n) is 5.69. The van der Waals surface area contributed by atoms with Crippen LogP contribution in [0.5, 0.6) is 5.75 Å². The number of nitrogens with zero attached hydrogens (tertiary/aromatic N) is 2. The Kier molecular flexibility index (Phi) is 3.75. The molecule has 1 atom stereocenters. The van der Waals surface area contributed by atoms with Crippen LogP contribution < -0.4 is 10.5 Å². The van der Waals surface area contributed by atoms with Crippen molar-refractivity contribution in [3.8, 4) is 5.75 Å². The van der Waals surface area contributed by atoms with Gasteiger partial charge in [0.1, 0.15) is 12.4 Å². The van der Waals surface area contributed by atoms with Crippen LogP contribution in [-0.2, 0) is 0 Å². The zero-order valence-electron chi connectivity index (χ0n) is 12.2. The van der Waals surface area contributed by atoms with E-state index in [-0.39, 0.29) is 6.04 Å². The number of aromatic nitrogens is 2. The molecule has 1 aromatic heterocycles. The zero-order chi connectivity index (χ0) is 14.8. The van der Waals surface area contributed by atoms with E-state index in [2.05, 4.69) is 24.0 Å². The second kappa shape index (κ2) is 5.69. The van der Waals surface area contributed by atoms with Gasteiger partial charge in [-0.25, -0.2) is 0 Å². The fourth-order valence-corrected chi connectivity index (χ4v) is 2.37. The van der Waals surface area contributed by atoms with Crippen LogP contribution in [-0.4, -0.2) is 16.7 Å². The van der Waals surface area contributed by atoms with Crippen molar-refractivity contribution in [3.05, 3.63) is 41.5 Å². The molecule has 2 N–H and O–H groups in total. The summed E-state index contributed by atoms with van der Waals surface area (Å²) in [6, 6.07) is 7.66. The SMILES string of the molecule is CC(C)C[C@@H](N)c1nc(C2=Cc3ccccc3OC2)no1. The Morgan fingerprint density at radius 2 is 2.10 bits per heavy atom. The third-order valence-electron chi connectivity index (χ3n) is 3.40. The maximum atomic E-state index is 6.07. The highest BCUT2D eigenvalue weighted by Gasteiger charge is 2.20. The standard InChI is InChI=1S/C16H19N3O2/c1-10(2)7-13(17)16-18-15(19-21-16)12-8-11-5-3-4-6-14(11)20-9-12/h3-6,8,10,13H,7,9,17H2,1-2H3/t13-/m1/s1. The minimum atomic E-state index is -0.219. The first-order valence-corrected chi connectivity index (χ1v) is 7.15. The van der Waals surface area contributed by atoms with Crippen LogP contribution >= 0.6 is 0 Å². The third-order valence-corrected chi connectivity index (χ3v) is 3.40. The molecule has 5 heteroatoms. The van der Waals surface area contributed by atoms with Crippen LogP contribution in [0.1, 0.15) is 43.6 Å². The number of hydrogen-bond acceptors (Lipinski definition) is 5. The maximum absolute atomic E-state index is 6.07. The molecule has 0 bridgehead atoms. The van der Waals surface area contributed by atoms with E-state index in [0.717, 1.165) is 23.3 Å². The lowest BCUT2D eigenvalue weighted by Gasteiger charge is -2.15. The number of rotatable bonds is 4. The highest BCUT2D eigenvalue weighted by molar-refractivity contribution is 5.82. The number of fused-ring (bicyclic) bond motifs is 1. The van der Waals surface area contributed by atoms with E-state index >= 15 is 0 Å². The van der Waals surface area contributed by atoms with Gasteiger partial charge >= 0.3 is 0 Å². The van der Waals surface area contributed by atoms with E-state index in [1.54, 1.807) is 0 Å². The van der Waals surface area contributed by atoms with Crippen LogP contribution in [0.15, 0.2) is 28.8 Å². The average Bonchev–Trinajstić information content (AvgIpc) is 2.96. The lowest BCUT2D eigenvalue weighted by Crippen LogP contribution is -2.13. The van der Waals surface area contributed by atoms with Gasteiger partial charge in [-0.1, -0.05) is 37.2 Å². The van der Waals surface area contributed by atoms with E-state index in [1.165, 1.54) is 0 Å². The summed E-state index contributed by atoms with van der Waals surface area (Å²) >= 11 is 0. The summed E-state index contributed by atoms with van der Waals surface area (Å²) in [4.78, 5) is 4.41. The largest absolute Gasteiger partial charge is 0.488 e. The Labute approximate surface area is 123 Å². The minimum Gasteiger partial charge on any atom is -0.488 e. The molecule has 21 heavy (non-hydrogen) atoms. The number of hydrogen-bond donors (Lipinski definition) is 1. The topological polar surface area (TPSA) is 74.2 Å². The van der Waals surface area contributed by atoms with Crippen molar-refractivity contribution in [1.29, 1.82) is 0 Å². The van der Waals surface area contributed by atoms with Crippen molar-refractivity contribution in [2.75, 3.05) is 6.61 Å². The lowest BCUT2D eigenvalue weighted by atomic mass is 10.0. The van der Waals surface area contributed by atoms with Gasteiger partial charge in [0.25, 0.3) is 0 Å². The van der Waals surface area contributed by atoms with Crippen molar-refractivity contribution < 1.29 is 9.26 Å². The van der Waals surface area contributed by atoms with Crippen molar-refractivity contribution in [3.63, 3.8) is 0 Å². The van der Waals surface area contributed by atoms with Crippen molar-refractivity contribution in [1.82, 2.24) is 10.1 Å². The third kappa shape index (κ3) is 2.97. The van der Waals surface area contributed by atoms with Gasteiger partial charge in [0.2, 0.25) is 11.7 Å². The van der Waals surface area contributed by atoms with E-state index in [0.29, 0.717) is 24.2 Å². The fraction of sp³-hybridized carbons (Fsp3) is 0.375. The first kappa shape index (κ1) is 13.8. The number of nitrogens with two attached hydrogens (primary N) is 1. The van der Waals surface area contributed by atoms with Gasteiger partial charge in [-0.05, 0) is 24.5 Å². The van der Waals surface area contributed by atoms with E-state index in [4.69, 9.17) is 15.0 Å². The van der Waals surface area contributed by atoms with Gasteiger partial charge in [0, 0.05) is 11.1 Å². The average molecular weight is 285 g/mol. The molecule has 0 spiro atoms.